The van der Waals surface area contributed by atoms with E-state index in [2.05, 4.69) is 4.74 Å². The molecule has 0 saturated heterocycles. The average molecular weight is 229 g/mol. The van der Waals surface area contributed by atoms with Crippen molar-refractivity contribution in [1.29, 1.82) is 0 Å². The van der Waals surface area contributed by atoms with Gasteiger partial charge in [0.25, 0.3) is 0 Å². The summed E-state index contributed by atoms with van der Waals surface area (Å²) in [6.07, 6.45) is 1.98. The summed E-state index contributed by atoms with van der Waals surface area (Å²) in [5, 5.41) is 10.6. The number of halogens is 2. The molecule has 1 fully saturated rings. The van der Waals surface area contributed by atoms with Crippen LogP contribution >= 0.6 is 0 Å². The van der Waals surface area contributed by atoms with Crippen LogP contribution in [0.2, 0.25) is 0 Å². The number of nitrogens with zero attached hydrogens (tertiary/aromatic N) is 1. The van der Waals surface area contributed by atoms with Gasteiger partial charge in [-0.3, -0.25) is 10.1 Å². The zero-order valence-corrected chi connectivity index (χ0v) is 8.23. The van der Waals surface area contributed by atoms with Crippen molar-refractivity contribution < 1.29 is 18.4 Å². The Balaban J connectivity index is 2.33. The van der Waals surface area contributed by atoms with Crippen LogP contribution < -0.4 is 4.74 Å². The predicted octanol–water partition coefficient (Wildman–Crippen LogP) is 3.07. The number of ether oxygens (including phenoxy) is 1. The number of nitro benzene ring substituents is 1. The largest absolute Gasteiger partial charge is 0.427 e. The second-order valence-electron chi connectivity index (χ2n) is 3.64. The van der Waals surface area contributed by atoms with E-state index in [4.69, 9.17) is 0 Å². The summed E-state index contributed by atoms with van der Waals surface area (Å²) in [6, 6.07) is 4.14. The smallest absolute Gasteiger partial charge is 0.387 e. The van der Waals surface area contributed by atoms with Crippen molar-refractivity contribution in [2.75, 3.05) is 0 Å². The molecule has 86 valence electrons. The minimum Gasteiger partial charge on any atom is -0.427 e. The van der Waals surface area contributed by atoms with Crippen molar-refractivity contribution in [2.24, 2.45) is 0 Å². The van der Waals surface area contributed by atoms with Gasteiger partial charge >= 0.3 is 12.3 Å². The third kappa shape index (κ3) is 2.26. The summed E-state index contributed by atoms with van der Waals surface area (Å²) in [5.74, 6) is -0.0229. The van der Waals surface area contributed by atoms with Gasteiger partial charge in [-0.15, -0.1) is 0 Å². The summed E-state index contributed by atoms with van der Waals surface area (Å²) in [4.78, 5) is 9.85. The summed E-state index contributed by atoms with van der Waals surface area (Å²) in [6.45, 7) is -3.05. The van der Waals surface area contributed by atoms with E-state index >= 15 is 0 Å². The van der Waals surface area contributed by atoms with Crippen molar-refractivity contribution in [3.05, 3.63) is 33.9 Å². The summed E-state index contributed by atoms with van der Waals surface area (Å²) >= 11 is 0. The standard InChI is InChI=1S/C10H9F2NO3/c11-10(12)16-9-5-7(6-1-2-6)3-4-8(9)13(14)15/h3-6,10H,1-2H2. The van der Waals surface area contributed by atoms with Gasteiger partial charge in [0.05, 0.1) is 4.92 Å². The van der Waals surface area contributed by atoms with Crippen LogP contribution in [0.3, 0.4) is 0 Å². The van der Waals surface area contributed by atoms with Crippen molar-refractivity contribution in [1.82, 2.24) is 0 Å². The molecule has 16 heavy (non-hydrogen) atoms. The fourth-order valence-corrected chi connectivity index (χ4v) is 1.54. The second-order valence-corrected chi connectivity index (χ2v) is 3.64. The first-order valence-corrected chi connectivity index (χ1v) is 4.81. The van der Waals surface area contributed by atoms with Gasteiger partial charge in [0.1, 0.15) is 0 Å². The quantitative estimate of drug-likeness (QED) is 0.588. The first-order chi connectivity index (χ1) is 7.58. The molecule has 0 aromatic heterocycles. The SMILES string of the molecule is O=[N+]([O-])c1ccc(C2CC2)cc1OC(F)F. The van der Waals surface area contributed by atoms with Gasteiger partial charge in [-0.25, -0.2) is 0 Å². The van der Waals surface area contributed by atoms with Crippen molar-refractivity contribution in [3.63, 3.8) is 0 Å². The molecule has 1 saturated carbocycles. The average Bonchev–Trinajstić information content (AvgIpc) is 2.99. The molecule has 1 aromatic carbocycles. The first kappa shape index (κ1) is 10.8. The molecule has 0 heterocycles. The molecule has 0 aliphatic heterocycles. The normalized spacial score (nSPS) is 15.2. The van der Waals surface area contributed by atoms with Gasteiger partial charge < -0.3 is 4.74 Å². The zero-order valence-electron chi connectivity index (χ0n) is 8.23. The molecular weight excluding hydrogens is 220 g/mol. The highest BCUT2D eigenvalue weighted by molar-refractivity contribution is 5.49. The highest BCUT2D eigenvalue weighted by Crippen LogP contribution is 2.43. The van der Waals surface area contributed by atoms with Crippen molar-refractivity contribution in [3.8, 4) is 5.75 Å². The molecule has 1 aliphatic rings. The number of hydrogen-bond donors (Lipinski definition) is 0. The highest BCUT2D eigenvalue weighted by Gasteiger charge is 2.27. The van der Waals surface area contributed by atoms with Crippen LogP contribution in [0, 0.1) is 10.1 Å². The Hall–Kier alpha value is -1.72. The Morgan fingerprint density at radius 2 is 2.12 bits per heavy atom. The van der Waals surface area contributed by atoms with E-state index in [1.54, 1.807) is 6.07 Å². The van der Waals surface area contributed by atoms with E-state index in [1.807, 2.05) is 0 Å². The summed E-state index contributed by atoms with van der Waals surface area (Å²) < 4.78 is 28.3. The molecule has 0 amide bonds. The fourth-order valence-electron chi connectivity index (χ4n) is 1.54. The predicted molar refractivity (Wildman–Crippen MR) is 51.7 cm³/mol. The molecule has 0 bridgehead atoms. The Morgan fingerprint density at radius 1 is 1.44 bits per heavy atom. The van der Waals surface area contributed by atoms with Crippen molar-refractivity contribution in [2.45, 2.75) is 25.4 Å². The minimum absolute atomic E-state index is 0.334. The number of rotatable bonds is 4. The molecule has 0 atom stereocenters. The molecule has 1 aliphatic carbocycles. The lowest BCUT2D eigenvalue weighted by molar-refractivity contribution is -0.386. The maximum atomic E-state index is 12.1. The maximum Gasteiger partial charge on any atom is 0.387 e. The third-order valence-corrected chi connectivity index (χ3v) is 2.45. The zero-order chi connectivity index (χ0) is 11.7. The number of benzene rings is 1. The summed E-state index contributed by atoms with van der Waals surface area (Å²) in [5.41, 5.74) is 0.394. The third-order valence-electron chi connectivity index (χ3n) is 2.45. The Kier molecular flexibility index (Phi) is 2.72. The minimum atomic E-state index is -3.05. The van der Waals surface area contributed by atoms with E-state index in [0.717, 1.165) is 18.4 Å². The van der Waals surface area contributed by atoms with E-state index in [9.17, 15) is 18.9 Å². The van der Waals surface area contributed by atoms with Crippen LogP contribution in [-0.2, 0) is 0 Å². The number of alkyl halides is 2. The topological polar surface area (TPSA) is 52.4 Å². The molecule has 2 rings (SSSR count). The lowest BCUT2D eigenvalue weighted by Gasteiger charge is -2.06. The van der Waals surface area contributed by atoms with E-state index in [0.29, 0.717) is 5.92 Å². The van der Waals surface area contributed by atoms with Gasteiger partial charge in [0.2, 0.25) is 5.75 Å². The molecule has 0 spiro atoms. The van der Waals surface area contributed by atoms with Crippen LogP contribution in [0.1, 0.15) is 24.3 Å². The van der Waals surface area contributed by atoms with Gasteiger partial charge in [0, 0.05) is 6.07 Å². The Bertz CT molecular complexity index is 419. The molecule has 4 nitrogen and oxygen atoms in total. The molecular formula is C10H9F2NO3. The van der Waals surface area contributed by atoms with Crippen LogP contribution in [0.25, 0.3) is 0 Å². The molecule has 1 aromatic rings. The van der Waals surface area contributed by atoms with Gasteiger partial charge in [-0.1, -0.05) is 6.07 Å². The van der Waals surface area contributed by atoms with E-state index < -0.39 is 17.2 Å². The lowest BCUT2D eigenvalue weighted by atomic mass is 10.1. The number of hydrogen-bond acceptors (Lipinski definition) is 3. The lowest BCUT2D eigenvalue weighted by Crippen LogP contribution is -2.05. The van der Waals surface area contributed by atoms with Gasteiger partial charge in [-0.2, -0.15) is 8.78 Å². The number of nitro groups is 1. The molecule has 0 radical (unpaired) electrons. The maximum absolute atomic E-state index is 12.1. The van der Waals surface area contributed by atoms with E-state index in [1.165, 1.54) is 12.1 Å². The monoisotopic (exact) mass is 229 g/mol. The highest BCUT2D eigenvalue weighted by atomic mass is 19.3. The molecule has 0 N–H and O–H groups in total. The fraction of sp³-hybridized carbons (Fsp3) is 0.400. The van der Waals surface area contributed by atoms with Crippen LogP contribution in [-0.4, -0.2) is 11.5 Å². The second kappa shape index (κ2) is 4.03. The van der Waals surface area contributed by atoms with Crippen LogP contribution in [0.4, 0.5) is 14.5 Å². The van der Waals surface area contributed by atoms with Gasteiger partial charge in [-0.05, 0) is 30.4 Å². The van der Waals surface area contributed by atoms with Gasteiger partial charge in [0.15, 0.2) is 0 Å². The molecule has 0 unspecified atom stereocenters. The van der Waals surface area contributed by atoms with Crippen molar-refractivity contribution >= 4 is 5.69 Å². The molecule has 6 heteroatoms. The van der Waals surface area contributed by atoms with Crippen LogP contribution in [0.15, 0.2) is 18.2 Å². The first-order valence-electron chi connectivity index (χ1n) is 4.81. The van der Waals surface area contributed by atoms with Crippen LogP contribution in [0.5, 0.6) is 5.75 Å². The Morgan fingerprint density at radius 3 is 2.62 bits per heavy atom. The Labute approximate surface area is 90.0 Å². The van der Waals surface area contributed by atoms with E-state index in [-0.39, 0.29) is 5.75 Å². The summed E-state index contributed by atoms with van der Waals surface area (Å²) in [7, 11) is 0.